The minimum absolute atomic E-state index is 0.0452. The first-order chi connectivity index (χ1) is 16.7. The number of nitrogens with zero attached hydrogens (tertiary/aromatic N) is 1. The summed E-state index contributed by atoms with van der Waals surface area (Å²) in [6.45, 7) is 2.50. The summed E-state index contributed by atoms with van der Waals surface area (Å²) in [4.78, 5) is 16.3. The van der Waals surface area contributed by atoms with Crippen LogP contribution in [0, 0.1) is 0 Å². The van der Waals surface area contributed by atoms with E-state index < -0.39 is 0 Å². The molecule has 0 aliphatic rings. The fourth-order valence-electron chi connectivity index (χ4n) is 3.51. The fourth-order valence-corrected chi connectivity index (χ4v) is 4.08. The molecule has 1 heterocycles. The van der Waals surface area contributed by atoms with Gasteiger partial charge in [0.05, 0.1) is 25.4 Å². The van der Waals surface area contributed by atoms with E-state index in [9.17, 15) is 4.79 Å². The molecule has 0 unspecified atom stereocenters. The van der Waals surface area contributed by atoms with E-state index in [0.717, 1.165) is 60.7 Å². The number of methoxy groups -OCH3 is 2. The Bertz CT molecular complexity index is 1030. The van der Waals surface area contributed by atoms with Crippen molar-refractivity contribution in [3.05, 3.63) is 70.6 Å². The van der Waals surface area contributed by atoms with Gasteiger partial charge in [-0.2, -0.15) is 0 Å². The molecule has 180 valence electrons. The van der Waals surface area contributed by atoms with Gasteiger partial charge in [-0.25, -0.2) is 4.98 Å². The Labute approximate surface area is 206 Å². The Hall–Kier alpha value is -3.16. The Morgan fingerprint density at radius 1 is 1.00 bits per heavy atom. The van der Waals surface area contributed by atoms with Crippen molar-refractivity contribution in [2.24, 2.45) is 0 Å². The lowest BCUT2D eigenvalue weighted by atomic mass is 10.1. The van der Waals surface area contributed by atoms with Crippen LogP contribution >= 0.6 is 11.3 Å². The van der Waals surface area contributed by atoms with Crippen LogP contribution in [0.2, 0.25) is 0 Å². The van der Waals surface area contributed by atoms with Gasteiger partial charge in [0.1, 0.15) is 0 Å². The highest BCUT2D eigenvalue weighted by Gasteiger charge is 2.04. The monoisotopic (exact) mass is 479 g/mol. The number of carbonyl (C=O) groups is 1. The maximum absolute atomic E-state index is 12.0. The number of hydrogen-bond donors (Lipinski definition) is 2. The Kier molecular flexibility index (Phi) is 10.6. The number of carbonyl (C=O) groups excluding carboxylic acids is 1. The second-order valence-electron chi connectivity index (χ2n) is 7.85. The van der Waals surface area contributed by atoms with Crippen molar-refractivity contribution in [1.29, 1.82) is 0 Å². The first-order valence-corrected chi connectivity index (χ1v) is 12.5. The summed E-state index contributed by atoms with van der Waals surface area (Å²) in [6.07, 6.45) is 7.18. The molecule has 0 fully saturated rings. The number of amides is 1. The zero-order chi connectivity index (χ0) is 24.0. The Morgan fingerprint density at radius 2 is 1.79 bits per heavy atom. The van der Waals surface area contributed by atoms with Crippen LogP contribution in [0.15, 0.2) is 59.4 Å². The molecule has 0 atom stereocenters. The summed E-state index contributed by atoms with van der Waals surface area (Å²) in [5.74, 6) is 1.56. The van der Waals surface area contributed by atoms with Crippen LogP contribution < -0.4 is 20.1 Å². The van der Waals surface area contributed by atoms with Crippen LogP contribution in [0.5, 0.6) is 11.5 Å². The molecular weight excluding hydrogens is 446 g/mol. The van der Waals surface area contributed by atoms with Crippen LogP contribution in [0.4, 0.5) is 0 Å². The van der Waals surface area contributed by atoms with Crippen LogP contribution in [-0.4, -0.2) is 44.7 Å². The van der Waals surface area contributed by atoms with Gasteiger partial charge in [-0.05, 0) is 55.6 Å². The third-order valence-corrected chi connectivity index (χ3v) is 5.96. The maximum Gasteiger partial charge on any atom is 0.223 e. The number of aryl methyl sites for hydroxylation is 1. The molecule has 2 N–H and O–H groups in total. The number of rotatable bonds is 14. The van der Waals surface area contributed by atoms with Crippen molar-refractivity contribution < 1.29 is 14.3 Å². The summed E-state index contributed by atoms with van der Waals surface area (Å²) in [6, 6.07) is 14.2. The van der Waals surface area contributed by atoms with E-state index in [0.29, 0.717) is 13.0 Å². The zero-order valence-corrected chi connectivity index (χ0v) is 20.7. The highest BCUT2D eigenvalue weighted by atomic mass is 32.1. The minimum atomic E-state index is 0.0452. The molecule has 0 bridgehead atoms. The highest BCUT2D eigenvalue weighted by molar-refractivity contribution is 7.07. The normalized spacial score (nSPS) is 11.0. The largest absolute Gasteiger partial charge is 0.493 e. The summed E-state index contributed by atoms with van der Waals surface area (Å²) in [5, 5.41) is 8.44. The quantitative estimate of drug-likeness (QED) is 0.320. The van der Waals surface area contributed by atoms with Crippen molar-refractivity contribution in [3.8, 4) is 22.8 Å². The third-order valence-electron chi connectivity index (χ3n) is 5.37. The summed E-state index contributed by atoms with van der Waals surface area (Å²) < 4.78 is 10.6. The van der Waals surface area contributed by atoms with Crippen molar-refractivity contribution in [2.45, 2.75) is 25.7 Å². The molecule has 3 rings (SSSR count). The summed E-state index contributed by atoms with van der Waals surface area (Å²) in [7, 11) is 3.30. The number of aromatic nitrogens is 1. The molecule has 3 aromatic rings. The van der Waals surface area contributed by atoms with Gasteiger partial charge in [-0.15, -0.1) is 11.3 Å². The number of nitrogens with one attached hydrogen (secondary N) is 2. The number of ether oxygens (including phenoxy) is 2. The van der Waals surface area contributed by atoms with Crippen molar-refractivity contribution in [1.82, 2.24) is 15.6 Å². The second kappa shape index (κ2) is 14.2. The molecule has 6 nitrogen and oxygen atoms in total. The van der Waals surface area contributed by atoms with Gasteiger partial charge in [0.25, 0.3) is 0 Å². The molecule has 0 saturated carbocycles. The lowest BCUT2D eigenvalue weighted by Gasteiger charge is -2.10. The zero-order valence-electron chi connectivity index (χ0n) is 19.9. The maximum atomic E-state index is 12.0. The SMILES string of the molecule is COc1ccc(CCCNCCCNC(=O)C/C=C/c2ccc(-c3cscn3)cc2)cc1OC. The van der Waals surface area contributed by atoms with Crippen molar-refractivity contribution in [3.63, 3.8) is 0 Å². The first-order valence-electron chi connectivity index (χ1n) is 11.5. The van der Waals surface area contributed by atoms with Gasteiger partial charge < -0.3 is 20.1 Å². The van der Waals surface area contributed by atoms with E-state index in [1.807, 2.05) is 47.3 Å². The van der Waals surface area contributed by atoms with E-state index in [1.165, 1.54) is 5.56 Å². The lowest BCUT2D eigenvalue weighted by Crippen LogP contribution is -2.27. The summed E-state index contributed by atoms with van der Waals surface area (Å²) >= 11 is 1.59. The molecule has 0 aliphatic heterocycles. The van der Waals surface area contributed by atoms with Gasteiger partial charge in [-0.1, -0.05) is 42.5 Å². The second-order valence-corrected chi connectivity index (χ2v) is 8.57. The molecule has 0 spiro atoms. The molecule has 7 heteroatoms. The number of hydrogen-bond acceptors (Lipinski definition) is 6. The number of thiazole rings is 1. The van der Waals surface area contributed by atoms with Gasteiger partial charge in [0.15, 0.2) is 11.5 Å². The van der Waals surface area contributed by atoms with Crippen molar-refractivity contribution in [2.75, 3.05) is 33.9 Å². The molecule has 34 heavy (non-hydrogen) atoms. The molecule has 0 radical (unpaired) electrons. The molecule has 0 aliphatic carbocycles. The smallest absolute Gasteiger partial charge is 0.223 e. The van der Waals surface area contributed by atoms with E-state index in [1.54, 1.807) is 25.6 Å². The van der Waals surface area contributed by atoms with Crippen LogP contribution in [0.3, 0.4) is 0 Å². The van der Waals surface area contributed by atoms with E-state index >= 15 is 0 Å². The Balaban J connectivity index is 1.22. The fraction of sp³-hybridized carbons (Fsp3) is 0.333. The average Bonchev–Trinajstić information content (AvgIpc) is 3.41. The standard InChI is InChI=1S/C27H33N3O3S/c1-32-25-14-11-22(18-26(25)33-2)7-4-15-28-16-5-17-29-27(31)8-3-6-21-9-12-23(13-10-21)24-19-34-20-30-24/h3,6,9-14,18-20,28H,4-5,7-8,15-17H2,1-2H3,(H,29,31)/b6-3+. The first kappa shape index (κ1) is 25.5. The van der Waals surface area contributed by atoms with E-state index in [2.05, 4.69) is 33.8 Å². The third kappa shape index (κ3) is 8.32. The Morgan fingerprint density at radius 3 is 2.53 bits per heavy atom. The number of benzene rings is 2. The topological polar surface area (TPSA) is 72.5 Å². The van der Waals surface area contributed by atoms with Crippen LogP contribution in [0.25, 0.3) is 17.3 Å². The van der Waals surface area contributed by atoms with Crippen LogP contribution in [0.1, 0.15) is 30.4 Å². The average molecular weight is 480 g/mol. The molecular formula is C27H33N3O3S. The van der Waals surface area contributed by atoms with E-state index in [4.69, 9.17) is 9.47 Å². The minimum Gasteiger partial charge on any atom is -0.493 e. The summed E-state index contributed by atoms with van der Waals surface area (Å²) in [5.41, 5.74) is 6.23. The van der Waals surface area contributed by atoms with Gasteiger partial charge in [-0.3, -0.25) is 4.79 Å². The lowest BCUT2D eigenvalue weighted by molar-refractivity contribution is -0.120. The molecule has 1 aromatic heterocycles. The van der Waals surface area contributed by atoms with Crippen LogP contribution in [-0.2, 0) is 11.2 Å². The predicted octanol–water partition coefficient (Wildman–Crippen LogP) is 4.96. The molecule has 2 aromatic carbocycles. The highest BCUT2D eigenvalue weighted by Crippen LogP contribution is 2.27. The van der Waals surface area contributed by atoms with Gasteiger partial charge in [0.2, 0.25) is 5.91 Å². The predicted molar refractivity (Wildman–Crippen MR) is 140 cm³/mol. The van der Waals surface area contributed by atoms with Gasteiger partial charge in [0, 0.05) is 23.9 Å². The van der Waals surface area contributed by atoms with Crippen molar-refractivity contribution >= 4 is 23.3 Å². The van der Waals surface area contributed by atoms with E-state index in [-0.39, 0.29) is 5.91 Å². The molecule has 1 amide bonds. The molecule has 0 saturated heterocycles. The van der Waals surface area contributed by atoms with Gasteiger partial charge >= 0.3 is 0 Å².